The molecule has 8 aromatic carbocycles. The van der Waals surface area contributed by atoms with Crippen molar-refractivity contribution in [1.82, 2.24) is 18.8 Å². The molecule has 12 rings (SSSR count). The van der Waals surface area contributed by atoms with E-state index in [2.05, 4.69) is 194 Å². The van der Waals surface area contributed by atoms with E-state index in [-0.39, 0.29) is 0 Å². The molecule has 0 saturated heterocycles. The fourth-order valence-electron chi connectivity index (χ4n) is 9.92. The van der Waals surface area contributed by atoms with E-state index in [1.807, 2.05) is 0 Å². The van der Waals surface area contributed by atoms with Crippen LogP contribution in [-0.2, 0) is 0 Å². The Kier molecular flexibility index (Phi) is 7.12. The van der Waals surface area contributed by atoms with Crippen LogP contribution < -0.4 is 4.74 Å². The average Bonchev–Trinajstić information content (AvgIpc) is 3.84. The number of hydrogen-bond acceptors (Lipinski definition) is 3. The number of nitrogens with zero attached hydrogens (tertiary/aromatic N) is 4. The van der Waals surface area contributed by atoms with Crippen LogP contribution in [0.1, 0.15) is 22.3 Å². The molecule has 0 spiro atoms. The molecule has 59 heavy (non-hydrogen) atoms. The van der Waals surface area contributed by atoms with E-state index in [1.165, 1.54) is 55.3 Å². The van der Waals surface area contributed by atoms with E-state index in [0.29, 0.717) is 0 Å². The monoisotopic (exact) mass is 758 g/mol. The van der Waals surface area contributed by atoms with Crippen molar-refractivity contribution < 1.29 is 4.74 Å². The smallest absolute Gasteiger partial charge is 0.146 e. The van der Waals surface area contributed by atoms with Crippen LogP contribution in [0.5, 0.6) is 11.5 Å². The minimum atomic E-state index is 0.748. The lowest BCUT2D eigenvalue weighted by Crippen LogP contribution is -1.97. The lowest BCUT2D eigenvalue weighted by molar-refractivity contribution is 0.484. The molecule has 0 aliphatic carbocycles. The van der Waals surface area contributed by atoms with Gasteiger partial charge in [-0.15, -0.1) is 0 Å². The number of fused-ring (bicyclic) bond motifs is 16. The molecule has 280 valence electrons. The van der Waals surface area contributed by atoms with Gasteiger partial charge in [-0.25, -0.2) is 9.97 Å². The van der Waals surface area contributed by atoms with E-state index in [9.17, 15) is 0 Å². The first kappa shape index (κ1) is 33.6. The number of benzene rings is 8. The fourth-order valence-corrected chi connectivity index (χ4v) is 9.92. The molecule has 0 aliphatic heterocycles. The van der Waals surface area contributed by atoms with Gasteiger partial charge in [0.2, 0.25) is 0 Å². The number of hydrogen-bond donors (Lipinski definition) is 0. The van der Waals surface area contributed by atoms with Gasteiger partial charge in [-0.3, -0.25) is 8.80 Å². The summed E-state index contributed by atoms with van der Waals surface area (Å²) in [5.74, 6) is 1.50. The van der Waals surface area contributed by atoms with Gasteiger partial charge in [0.1, 0.15) is 22.8 Å². The Morgan fingerprint density at radius 2 is 0.881 bits per heavy atom. The highest BCUT2D eigenvalue weighted by molar-refractivity contribution is 6.20. The second-order valence-electron chi connectivity index (χ2n) is 16.0. The Hall–Kier alpha value is -7.50. The van der Waals surface area contributed by atoms with E-state index in [0.717, 1.165) is 77.4 Å². The van der Waals surface area contributed by atoms with Crippen LogP contribution in [0.25, 0.3) is 99.0 Å². The molecular weight excluding hydrogens is 721 g/mol. The SMILES string of the molecule is Cc1cccc(C)c1-c1cccc2c1c1ccc(Oc3ccc4c(c3)c3nc5ccccc5n3c3c(-c5c(C)cccc5C)cccc43)cc1c1nc3ccccc3n21. The third kappa shape index (κ3) is 4.85. The molecule has 0 aliphatic rings. The van der Waals surface area contributed by atoms with Gasteiger partial charge >= 0.3 is 0 Å². The highest BCUT2D eigenvalue weighted by atomic mass is 16.5. The zero-order chi connectivity index (χ0) is 39.5. The molecule has 12 aromatic rings. The van der Waals surface area contributed by atoms with Gasteiger partial charge in [0.05, 0.1) is 33.1 Å². The lowest BCUT2D eigenvalue weighted by Gasteiger charge is -2.18. The first-order chi connectivity index (χ1) is 28.9. The molecule has 0 saturated carbocycles. The van der Waals surface area contributed by atoms with E-state index >= 15 is 0 Å². The summed E-state index contributed by atoms with van der Waals surface area (Å²) in [5.41, 5.74) is 18.2. The van der Waals surface area contributed by atoms with Crippen LogP contribution in [0.4, 0.5) is 0 Å². The van der Waals surface area contributed by atoms with Crippen molar-refractivity contribution in [1.29, 1.82) is 0 Å². The largest absolute Gasteiger partial charge is 0.457 e. The Balaban J connectivity index is 1.09. The van der Waals surface area contributed by atoms with Crippen molar-refractivity contribution in [3.63, 3.8) is 0 Å². The molecule has 0 bridgehead atoms. The molecule has 0 N–H and O–H groups in total. The number of aromatic nitrogens is 4. The molecular formula is C54H38N4O. The van der Waals surface area contributed by atoms with Crippen LogP contribution in [0.3, 0.4) is 0 Å². The van der Waals surface area contributed by atoms with Gasteiger partial charge < -0.3 is 4.74 Å². The third-order valence-electron chi connectivity index (χ3n) is 12.4. The number of pyridine rings is 2. The molecule has 5 heteroatoms. The fraction of sp³-hybridized carbons (Fsp3) is 0.0741. The zero-order valence-electron chi connectivity index (χ0n) is 33.2. The Morgan fingerprint density at radius 3 is 1.54 bits per heavy atom. The number of aryl methyl sites for hydroxylation is 4. The summed E-state index contributed by atoms with van der Waals surface area (Å²) in [7, 11) is 0. The molecule has 4 heterocycles. The van der Waals surface area contributed by atoms with Crippen LogP contribution in [-0.4, -0.2) is 18.8 Å². The van der Waals surface area contributed by atoms with Crippen molar-refractivity contribution in [3.8, 4) is 33.8 Å². The van der Waals surface area contributed by atoms with Gasteiger partial charge in [-0.2, -0.15) is 0 Å². The quantitative estimate of drug-likeness (QED) is 0.168. The van der Waals surface area contributed by atoms with E-state index in [4.69, 9.17) is 14.7 Å². The summed E-state index contributed by atoms with van der Waals surface area (Å²) in [6.45, 7) is 8.82. The summed E-state index contributed by atoms with van der Waals surface area (Å²) in [4.78, 5) is 10.5. The Labute approximate surface area is 340 Å². The third-order valence-corrected chi connectivity index (χ3v) is 12.4. The van der Waals surface area contributed by atoms with Crippen LogP contribution >= 0.6 is 0 Å². The molecule has 0 fully saturated rings. The lowest BCUT2D eigenvalue weighted by atomic mass is 9.91. The topological polar surface area (TPSA) is 43.8 Å². The molecule has 0 radical (unpaired) electrons. The van der Waals surface area contributed by atoms with Crippen LogP contribution in [0.2, 0.25) is 0 Å². The summed E-state index contributed by atoms with van der Waals surface area (Å²) in [5, 5.41) is 6.73. The molecule has 0 amide bonds. The van der Waals surface area contributed by atoms with Crippen molar-refractivity contribution in [2.24, 2.45) is 0 Å². The maximum atomic E-state index is 6.87. The Bertz CT molecular complexity index is 3720. The first-order valence-electron chi connectivity index (χ1n) is 20.3. The predicted octanol–water partition coefficient (Wildman–Crippen LogP) is 14.3. The predicted molar refractivity (Wildman–Crippen MR) is 245 cm³/mol. The molecule has 5 nitrogen and oxygen atoms in total. The van der Waals surface area contributed by atoms with Crippen LogP contribution in [0, 0.1) is 27.7 Å². The summed E-state index contributed by atoms with van der Waals surface area (Å²) in [6, 6.07) is 56.2. The summed E-state index contributed by atoms with van der Waals surface area (Å²) >= 11 is 0. The normalized spacial score (nSPS) is 12.1. The zero-order valence-corrected chi connectivity index (χ0v) is 33.2. The minimum absolute atomic E-state index is 0.748. The minimum Gasteiger partial charge on any atom is -0.457 e. The number of para-hydroxylation sites is 5. The van der Waals surface area contributed by atoms with E-state index in [1.54, 1.807) is 0 Å². The maximum Gasteiger partial charge on any atom is 0.146 e. The van der Waals surface area contributed by atoms with Crippen LogP contribution in [0.15, 0.2) is 158 Å². The molecule has 0 unspecified atom stereocenters. The van der Waals surface area contributed by atoms with Gasteiger partial charge in [-0.05, 0) is 144 Å². The number of rotatable bonds is 4. The van der Waals surface area contributed by atoms with Crippen molar-refractivity contribution in [3.05, 3.63) is 180 Å². The average molecular weight is 759 g/mol. The number of imidazole rings is 2. The second-order valence-corrected chi connectivity index (χ2v) is 16.0. The van der Waals surface area contributed by atoms with E-state index < -0.39 is 0 Å². The van der Waals surface area contributed by atoms with Gasteiger partial charge in [0, 0.05) is 27.1 Å². The first-order valence-corrected chi connectivity index (χ1v) is 20.3. The van der Waals surface area contributed by atoms with Gasteiger partial charge in [-0.1, -0.05) is 91.0 Å². The van der Waals surface area contributed by atoms with Crippen molar-refractivity contribution in [2.75, 3.05) is 0 Å². The van der Waals surface area contributed by atoms with Crippen molar-refractivity contribution in [2.45, 2.75) is 27.7 Å². The summed E-state index contributed by atoms with van der Waals surface area (Å²) in [6.07, 6.45) is 0. The maximum absolute atomic E-state index is 6.87. The molecule has 4 aromatic heterocycles. The second kappa shape index (κ2) is 12.5. The highest BCUT2D eigenvalue weighted by Crippen LogP contribution is 2.43. The highest BCUT2D eigenvalue weighted by Gasteiger charge is 2.21. The van der Waals surface area contributed by atoms with Crippen molar-refractivity contribution >= 4 is 76.7 Å². The molecule has 0 atom stereocenters. The van der Waals surface area contributed by atoms with Gasteiger partial charge in [0.25, 0.3) is 0 Å². The number of ether oxygens (including phenoxy) is 1. The standard InChI is InChI=1S/C54H38N4O/c1-31-13-9-14-32(2)49(31)40-18-12-24-48-51(40)38-28-26-36(30-43(38)53-55-44-20-5-7-22-46(44)57(48)53)59-35-25-27-37-39-17-11-19-41(50-33(3)15-10-16-34(50)4)52(39)58-47-23-8-6-21-45(47)56-54(58)42(37)29-35/h5-30H,1-4H3. The van der Waals surface area contributed by atoms with Gasteiger partial charge in [0.15, 0.2) is 0 Å². The summed E-state index contributed by atoms with van der Waals surface area (Å²) < 4.78 is 11.5. The Morgan fingerprint density at radius 1 is 0.390 bits per heavy atom.